The van der Waals surface area contributed by atoms with Crippen molar-refractivity contribution in [1.29, 1.82) is 0 Å². The highest BCUT2D eigenvalue weighted by molar-refractivity contribution is 5.93. The number of likely N-dealkylation sites (N-methyl/N-ethyl adjacent to an activating group) is 1. The summed E-state index contributed by atoms with van der Waals surface area (Å²) in [6.45, 7) is 7.12. The minimum atomic E-state index is -2.68. The molecule has 0 radical (unpaired) electrons. The van der Waals surface area contributed by atoms with Gasteiger partial charge < -0.3 is 30.3 Å². The van der Waals surface area contributed by atoms with E-state index in [-0.39, 0.29) is 11.2 Å². The van der Waals surface area contributed by atoms with Crippen LogP contribution in [0.1, 0.15) is 64.9 Å². The van der Waals surface area contributed by atoms with Gasteiger partial charge in [0.1, 0.15) is 11.8 Å². The Labute approximate surface area is 211 Å². The monoisotopic (exact) mass is 506 g/mol. The zero-order chi connectivity index (χ0) is 27.1. The topological polar surface area (TPSA) is 153 Å². The third kappa shape index (κ3) is 7.51. The molecule has 2 rings (SSSR count). The van der Waals surface area contributed by atoms with Crippen LogP contribution in [0, 0.1) is 5.92 Å². The van der Waals surface area contributed by atoms with E-state index in [1.807, 2.05) is 6.07 Å². The number of nitrogens with zero attached hydrogens (tertiary/aromatic N) is 1. The number of esters is 1. The number of aliphatic hydroxyl groups is 1. The molecule has 0 aliphatic carbocycles. The molecular formula is C26H38N2O8. The van der Waals surface area contributed by atoms with Crippen molar-refractivity contribution in [3.05, 3.63) is 29.8 Å². The lowest BCUT2D eigenvalue weighted by Gasteiger charge is -2.35. The van der Waals surface area contributed by atoms with Crippen molar-refractivity contribution in [1.82, 2.24) is 10.2 Å². The quantitative estimate of drug-likeness (QED) is 0.261. The van der Waals surface area contributed by atoms with Crippen LogP contribution in [-0.2, 0) is 24.6 Å². The standard InChI is InChI=1S/C26H38N2O8/c1-5-25(11-6-7-12-28(4)16-25)18-9-8-10-19(13-18)36-24(34)26(35,15-21(30)31)14-20(29)27-22(17(2)3)23(32)33/h8-10,13,17,22,35H,5-7,11-12,14-16H2,1-4H3,(H,27,29)(H,30,31)(H,32,33)/t22-,25?,26+/m0/s1. The van der Waals surface area contributed by atoms with Gasteiger partial charge >= 0.3 is 17.9 Å². The summed E-state index contributed by atoms with van der Waals surface area (Å²) in [5, 5.41) is 31.7. The first-order chi connectivity index (χ1) is 16.8. The van der Waals surface area contributed by atoms with E-state index in [1.54, 1.807) is 26.0 Å². The Morgan fingerprint density at radius 3 is 2.44 bits per heavy atom. The predicted molar refractivity (Wildman–Crippen MR) is 132 cm³/mol. The molecule has 0 saturated carbocycles. The molecule has 200 valence electrons. The molecule has 36 heavy (non-hydrogen) atoms. The summed E-state index contributed by atoms with van der Waals surface area (Å²) in [6, 6.07) is 5.70. The molecule has 0 bridgehead atoms. The van der Waals surface area contributed by atoms with E-state index in [1.165, 1.54) is 6.07 Å². The summed E-state index contributed by atoms with van der Waals surface area (Å²) in [6.07, 6.45) is 1.95. The number of benzene rings is 1. The molecule has 10 heteroatoms. The summed E-state index contributed by atoms with van der Waals surface area (Å²) >= 11 is 0. The largest absolute Gasteiger partial charge is 0.481 e. The number of carboxylic acid groups (broad SMARTS) is 2. The maximum absolute atomic E-state index is 13.0. The molecule has 10 nitrogen and oxygen atoms in total. The fourth-order valence-corrected chi connectivity index (χ4v) is 4.80. The number of nitrogens with one attached hydrogen (secondary N) is 1. The summed E-state index contributed by atoms with van der Waals surface area (Å²) in [7, 11) is 2.07. The molecule has 4 N–H and O–H groups in total. The number of hydrogen-bond acceptors (Lipinski definition) is 7. The predicted octanol–water partition coefficient (Wildman–Crippen LogP) is 2.18. The van der Waals surface area contributed by atoms with Crippen molar-refractivity contribution in [3.8, 4) is 5.75 Å². The Balaban J connectivity index is 2.27. The molecule has 1 saturated heterocycles. The number of ether oxygens (including phenoxy) is 1. The van der Waals surface area contributed by atoms with Gasteiger partial charge in [0.2, 0.25) is 5.91 Å². The Morgan fingerprint density at radius 1 is 1.17 bits per heavy atom. The molecular weight excluding hydrogens is 468 g/mol. The van der Waals surface area contributed by atoms with Crippen LogP contribution in [0.25, 0.3) is 0 Å². The van der Waals surface area contributed by atoms with Gasteiger partial charge in [0, 0.05) is 12.0 Å². The first-order valence-corrected chi connectivity index (χ1v) is 12.3. The van der Waals surface area contributed by atoms with Crippen molar-refractivity contribution < 1.29 is 39.2 Å². The highest BCUT2D eigenvalue weighted by Crippen LogP contribution is 2.38. The number of likely N-dealkylation sites (tertiary alicyclic amines) is 1. The zero-order valence-electron chi connectivity index (χ0n) is 21.5. The number of amides is 1. The maximum atomic E-state index is 13.0. The lowest BCUT2D eigenvalue weighted by Crippen LogP contribution is -2.51. The number of carboxylic acids is 2. The number of carbonyl (C=O) groups excluding carboxylic acids is 2. The third-order valence-corrected chi connectivity index (χ3v) is 6.88. The molecule has 1 unspecified atom stereocenters. The molecule has 1 fully saturated rings. The van der Waals surface area contributed by atoms with Gasteiger partial charge in [0.15, 0.2) is 5.60 Å². The van der Waals surface area contributed by atoms with Gasteiger partial charge in [0.05, 0.1) is 12.8 Å². The molecule has 1 aliphatic heterocycles. The van der Waals surface area contributed by atoms with E-state index in [9.17, 15) is 34.5 Å². The normalized spacial score (nSPS) is 21.2. The van der Waals surface area contributed by atoms with Crippen LogP contribution in [0.5, 0.6) is 5.75 Å². The van der Waals surface area contributed by atoms with Gasteiger partial charge in [-0.2, -0.15) is 0 Å². The van der Waals surface area contributed by atoms with Crippen molar-refractivity contribution in [2.45, 2.75) is 76.4 Å². The van der Waals surface area contributed by atoms with Crippen LogP contribution in [0.3, 0.4) is 0 Å². The average molecular weight is 507 g/mol. The highest BCUT2D eigenvalue weighted by atomic mass is 16.6. The van der Waals surface area contributed by atoms with E-state index in [4.69, 9.17) is 4.74 Å². The Hall–Kier alpha value is -2.98. The zero-order valence-corrected chi connectivity index (χ0v) is 21.5. The minimum Gasteiger partial charge on any atom is -0.481 e. The van der Waals surface area contributed by atoms with Gasteiger partial charge in [-0.05, 0) is 56.5 Å². The summed E-state index contributed by atoms with van der Waals surface area (Å²) < 4.78 is 5.40. The summed E-state index contributed by atoms with van der Waals surface area (Å²) in [5.74, 6) is -5.40. The van der Waals surface area contributed by atoms with Crippen LogP contribution in [0.2, 0.25) is 0 Å². The molecule has 1 aromatic carbocycles. The van der Waals surface area contributed by atoms with E-state index in [0.29, 0.717) is 0 Å². The first-order valence-electron chi connectivity index (χ1n) is 12.3. The number of hydrogen-bond donors (Lipinski definition) is 4. The molecule has 1 aliphatic rings. The van der Waals surface area contributed by atoms with Gasteiger partial charge in [0.25, 0.3) is 0 Å². The van der Waals surface area contributed by atoms with Crippen molar-refractivity contribution >= 4 is 23.8 Å². The van der Waals surface area contributed by atoms with Gasteiger partial charge in [-0.1, -0.05) is 39.3 Å². The second-order valence-corrected chi connectivity index (χ2v) is 10.2. The van der Waals surface area contributed by atoms with Crippen LogP contribution in [0.4, 0.5) is 0 Å². The second-order valence-electron chi connectivity index (χ2n) is 10.2. The molecule has 3 atom stereocenters. The van der Waals surface area contributed by atoms with Crippen LogP contribution in [0.15, 0.2) is 24.3 Å². The molecule has 1 heterocycles. The maximum Gasteiger partial charge on any atom is 0.344 e. The summed E-state index contributed by atoms with van der Waals surface area (Å²) in [5.41, 5.74) is -1.85. The number of rotatable bonds is 11. The van der Waals surface area contributed by atoms with Crippen molar-refractivity contribution in [2.75, 3.05) is 20.1 Å². The van der Waals surface area contributed by atoms with Crippen molar-refractivity contribution in [2.24, 2.45) is 5.92 Å². The van der Waals surface area contributed by atoms with Gasteiger partial charge in [-0.15, -0.1) is 0 Å². The van der Waals surface area contributed by atoms with Crippen LogP contribution in [-0.4, -0.2) is 75.8 Å². The lowest BCUT2D eigenvalue weighted by molar-refractivity contribution is -0.165. The Bertz CT molecular complexity index is 965. The average Bonchev–Trinajstić information content (AvgIpc) is 2.98. The molecule has 0 spiro atoms. The lowest BCUT2D eigenvalue weighted by atomic mass is 9.74. The van der Waals surface area contributed by atoms with Crippen molar-refractivity contribution in [3.63, 3.8) is 0 Å². The van der Waals surface area contributed by atoms with Gasteiger partial charge in [-0.3, -0.25) is 9.59 Å². The first kappa shape index (κ1) is 29.3. The Kier molecular flexibility index (Phi) is 10.0. The summed E-state index contributed by atoms with van der Waals surface area (Å²) in [4.78, 5) is 50.5. The van der Waals surface area contributed by atoms with Crippen LogP contribution >= 0.6 is 0 Å². The third-order valence-electron chi connectivity index (χ3n) is 6.88. The number of aliphatic carboxylic acids is 2. The second kappa shape index (κ2) is 12.3. The fourth-order valence-electron chi connectivity index (χ4n) is 4.80. The van der Waals surface area contributed by atoms with E-state index < -0.39 is 54.2 Å². The number of carbonyl (C=O) groups is 4. The fraction of sp³-hybridized carbons (Fsp3) is 0.615. The molecule has 1 aromatic rings. The van der Waals surface area contributed by atoms with Crippen LogP contribution < -0.4 is 10.1 Å². The smallest absolute Gasteiger partial charge is 0.344 e. The minimum absolute atomic E-state index is 0.132. The highest BCUT2D eigenvalue weighted by Gasteiger charge is 2.43. The molecule has 0 aromatic heterocycles. The van der Waals surface area contributed by atoms with Gasteiger partial charge in [-0.25, -0.2) is 9.59 Å². The van der Waals surface area contributed by atoms with E-state index in [0.717, 1.165) is 44.3 Å². The van der Waals surface area contributed by atoms with E-state index in [2.05, 4.69) is 24.2 Å². The van der Waals surface area contributed by atoms with E-state index >= 15 is 0 Å². The Morgan fingerprint density at radius 2 is 1.86 bits per heavy atom. The molecule has 1 amide bonds. The SMILES string of the molecule is CCC1(c2cccc(OC(=O)[C@](O)(CC(=O)O)CC(=O)N[C@H](C(=O)O)C(C)C)c2)CCCCN(C)C1.